The third kappa shape index (κ3) is 59.1. The Hall–Kier alpha value is -3.67. The van der Waals surface area contributed by atoms with Gasteiger partial charge in [0.15, 0.2) is 6.10 Å². The summed E-state index contributed by atoms with van der Waals surface area (Å²) < 4.78 is 16.8. The SMILES string of the molecule is CC/C=C\C/C=C\C/C=C\C/C=C\C/C=C\C/C=C\CCCCCCCCCCCCC(=O)OCC(COC(=O)CCCCCCCCCCC)OC(=O)CCCCCCCCC/C=C\C/C=C\CCCCC. The van der Waals surface area contributed by atoms with Crippen LogP contribution in [0.4, 0.5) is 0 Å². The fraction of sp³-hybridized carbons (Fsp3) is 0.716. The molecule has 0 aliphatic carbocycles. The van der Waals surface area contributed by atoms with Crippen molar-refractivity contribution >= 4 is 17.9 Å². The van der Waals surface area contributed by atoms with Gasteiger partial charge in [0.25, 0.3) is 0 Å². The van der Waals surface area contributed by atoms with Crippen molar-refractivity contribution in [3.05, 3.63) is 97.2 Å². The first-order chi connectivity index (χ1) is 36.0. The highest BCUT2D eigenvalue weighted by Gasteiger charge is 2.19. The predicted octanol–water partition coefficient (Wildman–Crippen LogP) is 20.9. The lowest BCUT2D eigenvalue weighted by atomic mass is 10.1. The minimum atomic E-state index is -0.781. The van der Waals surface area contributed by atoms with Gasteiger partial charge in [-0.15, -0.1) is 0 Å². The molecule has 0 radical (unpaired) electrons. The molecule has 1 unspecified atom stereocenters. The second-order valence-electron chi connectivity index (χ2n) is 20.2. The number of allylic oxidation sites excluding steroid dienone is 16. The molecule has 6 heteroatoms. The Morgan fingerprint density at radius 1 is 0.288 bits per heavy atom. The van der Waals surface area contributed by atoms with E-state index in [1.807, 2.05) is 0 Å². The number of hydrogen-bond donors (Lipinski definition) is 0. The molecule has 418 valence electrons. The molecule has 0 spiro atoms. The minimum absolute atomic E-state index is 0.0797. The van der Waals surface area contributed by atoms with Crippen LogP contribution in [-0.2, 0) is 28.6 Å². The van der Waals surface area contributed by atoms with E-state index in [0.717, 1.165) is 109 Å². The summed E-state index contributed by atoms with van der Waals surface area (Å²) in [7, 11) is 0. The molecule has 0 rings (SSSR count). The Balaban J connectivity index is 4.21. The van der Waals surface area contributed by atoms with Gasteiger partial charge in [-0.25, -0.2) is 0 Å². The summed E-state index contributed by atoms with van der Waals surface area (Å²) in [5.74, 6) is -0.888. The lowest BCUT2D eigenvalue weighted by Crippen LogP contribution is -2.30. The van der Waals surface area contributed by atoms with Crippen molar-refractivity contribution in [1.82, 2.24) is 0 Å². The average molecular weight is 1020 g/mol. The zero-order valence-corrected chi connectivity index (χ0v) is 47.9. The summed E-state index contributed by atoms with van der Waals surface area (Å²) in [6.07, 6.45) is 81.3. The molecule has 0 saturated carbocycles. The van der Waals surface area contributed by atoms with Gasteiger partial charge < -0.3 is 14.2 Å². The maximum atomic E-state index is 12.8. The fourth-order valence-corrected chi connectivity index (χ4v) is 8.48. The Morgan fingerprint density at radius 2 is 0.534 bits per heavy atom. The third-order valence-corrected chi connectivity index (χ3v) is 13.1. The van der Waals surface area contributed by atoms with E-state index in [4.69, 9.17) is 14.2 Å². The molecule has 0 aliphatic heterocycles. The van der Waals surface area contributed by atoms with E-state index in [1.165, 1.54) is 141 Å². The minimum Gasteiger partial charge on any atom is -0.462 e. The van der Waals surface area contributed by atoms with Crippen LogP contribution in [-0.4, -0.2) is 37.2 Å². The maximum Gasteiger partial charge on any atom is 0.306 e. The van der Waals surface area contributed by atoms with E-state index >= 15 is 0 Å². The number of hydrogen-bond acceptors (Lipinski definition) is 6. The smallest absolute Gasteiger partial charge is 0.306 e. The number of esters is 3. The summed E-state index contributed by atoms with van der Waals surface area (Å²) >= 11 is 0. The van der Waals surface area contributed by atoms with Gasteiger partial charge in [0.1, 0.15) is 13.2 Å². The van der Waals surface area contributed by atoms with Crippen molar-refractivity contribution in [2.24, 2.45) is 0 Å². The van der Waals surface area contributed by atoms with Crippen molar-refractivity contribution in [1.29, 1.82) is 0 Å². The van der Waals surface area contributed by atoms with Crippen LogP contribution in [0.1, 0.15) is 290 Å². The van der Waals surface area contributed by atoms with Crippen LogP contribution in [0.5, 0.6) is 0 Å². The van der Waals surface area contributed by atoms with Crippen LogP contribution < -0.4 is 0 Å². The second kappa shape index (κ2) is 60.9. The topological polar surface area (TPSA) is 78.9 Å². The molecular formula is C67H114O6. The van der Waals surface area contributed by atoms with Crippen molar-refractivity contribution in [2.45, 2.75) is 297 Å². The largest absolute Gasteiger partial charge is 0.462 e. The van der Waals surface area contributed by atoms with Crippen LogP contribution in [0.2, 0.25) is 0 Å². The predicted molar refractivity (Wildman–Crippen MR) is 316 cm³/mol. The number of rotatable bonds is 55. The Kier molecular flexibility index (Phi) is 57.8. The van der Waals surface area contributed by atoms with E-state index in [-0.39, 0.29) is 31.1 Å². The molecule has 0 bridgehead atoms. The van der Waals surface area contributed by atoms with Crippen molar-refractivity contribution in [3.8, 4) is 0 Å². The molecule has 0 aromatic rings. The third-order valence-electron chi connectivity index (χ3n) is 13.1. The normalized spacial score (nSPS) is 12.8. The number of unbranched alkanes of at least 4 members (excludes halogenated alkanes) is 28. The highest BCUT2D eigenvalue weighted by atomic mass is 16.6. The van der Waals surface area contributed by atoms with Gasteiger partial charge in [0, 0.05) is 19.3 Å². The van der Waals surface area contributed by atoms with E-state index in [9.17, 15) is 14.4 Å². The molecule has 0 fully saturated rings. The van der Waals surface area contributed by atoms with E-state index < -0.39 is 6.10 Å². The molecule has 0 aromatic carbocycles. The molecule has 0 heterocycles. The summed E-state index contributed by atoms with van der Waals surface area (Å²) in [5.41, 5.74) is 0. The van der Waals surface area contributed by atoms with Crippen LogP contribution >= 0.6 is 0 Å². The van der Waals surface area contributed by atoms with Crippen LogP contribution in [0.25, 0.3) is 0 Å². The number of carbonyl (C=O) groups is 3. The van der Waals surface area contributed by atoms with E-state index in [2.05, 4.69) is 118 Å². The molecule has 6 nitrogen and oxygen atoms in total. The summed E-state index contributed by atoms with van der Waals surface area (Å²) in [6, 6.07) is 0. The average Bonchev–Trinajstić information content (AvgIpc) is 3.39. The first-order valence-corrected chi connectivity index (χ1v) is 30.7. The molecular weight excluding hydrogens is 901 g/mol. The van der Waals surface area contributed by atoms with Crippen molar-refractivity contribution < 1.29 is 28.6 Å². The highest BCUT2D eigenvalue weighted by Crippen LogP contribution is 2.15. The standard InChI is InChI=1S/C67H114O6/c1-4-7-10-13-16-19-21-23-25-27-28-29-30-31-32-33-34-35-36-37-38-40-41-43-45-48-51-54-57-60-66(69)72-63-64(62-71-65(68)59-56-53-50-47-18-15-12-9-6-3)73-67(70)61-58-55-52-49-46-44-42-39-26-24-22-20-17-14-11-8-5-2/h7,10,16-17,19-20,23-26,28-29,31-32,34-35,64H,4-6,8-9,11-15,18,21-22,27,30,33,36-63H2,1-3H3/b10-7-,19-16-,20-17-,25-23-,26-24-,29-28-,32-31-,35-34-. The first kappa shape index (κ1) is 69.3. The quantitative estimate of drug-likeness (QED) is 0.0261. The molecule has 0 N–H and O–H groups in total. The first-order valence-electron chi connectivity index (χ1n) is 30.7. The fourth-order valence-electron chi connectivity index (χ4n) is 8.48. The molecule has 0 amide bonds. The lowest BCUT2D eigenvalue weighted by molar-refractivity contribution is -0.167. The van der Waals surface area contributed by atoms with E-state index in [0.29, 0.717) is 19.3 Å². The molecule has 0 saturated heterocycles. The highest BCUT2D eigenvalue weighted by molar-refractivity contribution is 5.71. The molecule has 1 atom stereocenters. The molecule has 0 aromatic heterocycles. The van der Waals surface area contributed by atoms with E-state index in [1.54, 1.807) is 0 Å². The monoisotopic (exact) mass is 1010 g/mol. The van der Waals surface area contributed by atoms with Gasteiger partial charge in [0.2, 0.25) is 0 Å². The Labute approximate surface area is 451 Å². The van der Waals surface area contributed by atoms with Crippen LogP contribution in [0.3, 0.4) is 0 Å². The van der Waals surface area contributed by atoms with Crippen LogP contribution in [0, 0.1) is 0 Å². The van der Waals surface area contributed by atoms with Gasteiger partial charge in [0.05, 0.1) is 0 Å². The van der Waals surface area contributed by atoms with Gasteiger partial charge in [-0.05, 0) is 103 Å². The molecule has 73 heavy (non-hydrogen) atoms. The number of ether oxygens (including phenoxy) is 3. The summed E-state index contributed by atoms with van der Waals surface area (Å²) in [6.45, 7) is 6.49. The second-order valence-corrected chi connectivity index (χ2v) is 20.2. The van der Waals surface area contributed by atoms with Crippen molar-refractivity contribution in [2.75, 3.05) is 13.2 Å². The van der Waals surface area contributed by atoms with Gasteiger partial charge in [-0.2, -0.15) is 0 Å². The van der Waals surface area contributed by atoms with Gasteiger partial charge in [-0.1, -0.05) is 266 Å². The zero-order valence-electron chi connectivity index (χ0n) is 47.9. The Bertz CT molecular complexity index is 1440. The van der Waals surface area contributed by atoms with Crippen LogP contribution in [0.15, 0.2) is 97.2 Å². The molecule has 0 aliphatic rings. The maximum absolute atomic E-state index is 12.8. The van der Waals surface area contributed by atoms with Gasteiger partial charge >= 0.3 is 17.9 Å². The zero-order chi connectivity index (χ0) is 52.9. The summed E-state index contributed by atoms with van der Waals surface area (Å²) in [4.78, 5) is 38.1. The van der Waals surface area contributed by atoms with Gasteiger partial charge in [-0.3, -0.25) is 14.4 Å². The Morgan fingerprint density at radius 3 is 0.863 bits per heavy atom. The summed E-state index contributed by atoms with van der Waals surface area (Å²) in [5, 5.41) is 0. The van der Waals surface area contributed by atoms with Crippen molar-refractivity contribution in [3.63, 3.8) is 0 Å². The lowest BCUT2D eigenvalue weighted by Gasteiger charge is -2.18. The number of carbonyl (C=O) groups excluding carboxylic acids is 3.